The van der Waals surface area contributed by atoms with Crippen LogP contribution in [0.3, 0.4) is 0 Å². The second-order valence-electron chi connectivity index (χ2n) is 4.15. The van der Waals surface area contributed by atoms with E-state index in [1.165, 1.54) is 5.25 Å². The molecule has 0 saturated heterocycles. The predicted octanol–water partition coefficient (Wildman–Crippen LogP) is 3.79. The Bertz CT molecular complexity index is 95.7. The molecule has 0 bridgehead atoms. The first kappa shape index (κ1) is 12.1. The van der Waals surface area contributed by atoms with E-state index in [-0.39, 0.29) is 0 Å². The van der Waals surface area contributed by atoms with Gasteiger partial charge in [-0.1, -0.05) is 0 Å². The average molecular weight is 277 g/mol. The molecule has 2 heteroatoms. The van der Waals surface area contributed by atoms with Crippen molar-refractivity contribution in [2.45, 2.75) is 52.1 Å². The molecule has 0 saturated carbocycles. The summed E-state index contributed by atoms with van der Waals surface area (Å²) in [5.74, 6) is 5.22. The van der Waals surface area contributed by atoms with Gasteiger partial charge in [0.15, 0.2) is 0 Å². The van der Waals surface area contributed by atoms with Crippen LogP contribution in [-0.2, 0) is 0 Å². The molecule has 0 atom stereocenters. The fourth-order valence-corrected chi connectivity index (χ4v) is 29.7. The fourth-order valence-electron chi connectivity index (χ4n) is 1.30. The maximum atomic E-state index is 2.61. The molecule has 0 nitrogen and oxygen atoms in total. The Labute approximate surface area is 79.6 Å². The molecular formula is C9H23Ge2. The number of rotatable bonds is 5. The standard InChI is InChI=1S/C9H23Ge2/c1-6-10(7-2)9-11(4,5)8-3/h6-9H2,1-5H3. The molecule has 1 radical (unpaired) electrons. The molecule has 0 aliphatic heterocycles. The molecule has 0 heterocycles. The summed E-state index contributed by atoms with van der Waals surface area (Å²) < 4.78 is 1.75. The Balaban J connectivity index is 3.79. The molecule has 0 aliphatic carbocycles. The van der Waals surface area contributed by atoms with Crippen LogP contribution in [0.1, 0.15) is 20.8 Å². The van der Waals surface area contributed by atoms with Crippen molar-refractivity contribution in [3.05, 3.63) is 0 Å². The van der Waals surface area contributed by atoms with Crippen LogP contribution in [0.2, 0.25) is 31.4 Å². The summed E-state index contributed by atoms with van der Waals surface area (Å²) in [5, 5.41) is 4.66. The van der Waals surface area contributed by atoms with E-state index in [9.17, 15) is 0 Å². The van der Waals surface area contributed by atoms with Gasteiger partial charge < -0.3 is 0 Å². The minimum absolute atomic E-state index is 0.508. The third-order valence-electron chi connectivity index (χ3n) is 2.69. The molecule has 67 valence electrons. The summed E-state index contributed by atoms with van der Waals surface area (Å²) in [4.78, 5) is 0. The number of hydrogen-bond acceptors (Lipinski definition) is 0. The van der Waals surface area contributed by atoms with Crippen molar-refractivity contribution in [3.63, 3.8) is 0 Å². The van der Waals surface area contributed by atoms with Crippen molar-refractivity contribution in [2.24, 2.45) is 0 Å². The molecule has 0 aliphatic rings. The Morgan fingerprint density at radius 2 is 1.45 bits per heavy atom. The molecule has 0 fully saturated rings. The van der Waals surface area contributed by atoms with Gasteiger partial charge in [-0.25, -0.2) is 0 Å². The molecule has 11 heavy (non-hydrogen) atoms. The molecule has 0 spiro atoms. The molecule has 0 aromatic heterocycles. The van der Waals surface area contributed by atoms with Gasteiger partial charge in [0.1, 0.15) is 0 Å². The van der Waals surface area contributed by atoms with Crippen molar-refractivity contribution in [2.75, 3.05) is 0 Å². The van der Waals surface area contributed by atoms with E-state index in [4.69, 9.17) is 0 Å². The van der Waals surface area contributed by atoms with Gasteiger partial charge in [-0.3, -0.25) is 0 Å². The maximum absolute atomic E-state index is 2.61. The van der Waals surface area contributed by atoms with Gasteiger partial charge in [-0.05, 0) is 0 Å². The predicted molar refractivity (Wildman–Crippen MR) is 59.5 cm³/mol. The summed E-state index contributed by atoms with van der Waals surface area (Å²) in [6.45, 7) is 7.22. The van der Waals surface area contributed by atoms with Gasteiger partial charge in [0.25, 0.3) is 0 Å². The first-order valence-corrected chi connectivity index (χ1v) is 16.5. The van der Waals surface area contributed by atoms with Crippen molar-refractivity contribution < 1.29 is 0 Å². The second-order valence-corrected chi connectivity index (χ2v) is 25.4. The first-order chi connectivity index (χ1) is 5.05. The van der Waals surface area contributed by atoms with Crippen LogP contribution in [0.5, 0.6) is 0 Å². The van der Waals surface area contributed by atoms with E-state index in [0.29, 0.717) is 0 Å². The number of hydrogen-bond donors (Lipinski definition) is 0. The first-order valence-electron chi connectivity index (χ1n) is 4.89. The normalized spacial score (nSPS) is 12.5. The molecule has 0 aromatic carbocycles. The van der Waals surface area contributed by atoms with Crippen molar-refractivity contribution in [1.29, 1.82) is 0 Å². The van der Waals surface area contributed by atoms with E-state index in [0.717, 1.165) is 0 Å². The minimum atomic E-state index is -1.18. The van der Waals surface area contributed by atoms with Crippen LogP contribution in [-0.4, -0.2) is 27.6 Å². The molecule has 0 amide bonds. The van der Waals surface area contributed by atoms with Crippen molar-refractivity contribution >= 4 is 27.6 Å². The Morgan fingerprint density at radius 3 is 1.73 bits per heavy atom. The topological polar surface area (TPSA) is 0 Å². The monoisotopic (exact) mass is 279 g/mol. The Kier molecular flexibility index (Phi) is 6.24. The van der Waals surface area contributed by atoms with Crippen LogP contribution >= 0.6 is 0 Å². The molecule has 0 N–H and O–H groups in total. The summed E-state index contributed by atoms with van der Waals surface area (Å²) >= 11 is -1.69. The van der Waals surface area contributed by atoms with Crippen molar-refractivity contribution in [3.8, 4) is 0 Å². The molecule has 0 unspecified atom stereocenters. The summed E-state index contributed by atoms with van der Waals surface area (Å²) in [6, 6.07) is 0. The Morgan fingerprint density at radius 1 is 1.00 bits per heavy atom. The zero-order valence-electron chi connectivity index (χ0n) is 8.83. The van der Waals surface area contributed by atoms with Crippen LogP contribution in [0, 0.1) is 0 Å². The average Bonchev–Trinajstić information content (AvgIpc) is 2.00. The van der Waals surface area contributed by atoms with Crippen LogP contribution in [0.25, 0.3) is 0 Å². The van der Waals surface area contributed by atoms with Crippen LogP contribution < -0.4 is 0 Å². The molecule has 0 aromatic rings. The second kappa shape index (κ2) is 5.68. The van der Waals surface area contributed by atoms with Gasteiger partial charge in [-0.2, -0.15) is 0 Å². The fraction of sp³-hybridized carbons (Fsp3) is 1.00. The SMILES string of the molecule is C[CH2][Ge]([CH2]C)[CH2][Ge]([CH3])([CH3])[CH2]C. The van der Waals surface area contributed by atoms with E-state index >= 15 is 0 Å². The quantitative estimate of drug-likeness (QED) is 0.670. The van der Waals surface area contributed by atoms with Crippen molar-refractivity contribution in [1.82, 2.24) is 0 Å². The van der Waals surface area contributed by atoms with Gasteiger partial charge in [0, 0.05) is 0 Å². The summed E-state index contributed by atoms with van der Waals surface area (Å²) in [6.07, 6.45) is 0. The van der Waals surface area contributed by atoms with Crippen LogP contribution in [0.4, 0.5) is 0 Å². The van der Waals surface area contributed by atoms with Crippen LogP contribution in [0.15, 0.2) is 0 Å². The van der Waals surface area contributed by atoms with Gasteiger partial charge >= 0.3 is 79.7 Å². The van der Waals surface area contributed by atoms with Gasteiger partial charge in [0.2, 0.25) is 0 Å². The van der Waals surface area contributed by atoms with E-state index in [1.807, 2.05) is 0 Å². The molecular weight excluding hydrogens is 253 g/mol. The van der Waals surface area contributed by atoms with Gasteiger partial charge in [0.05, 0.1) is 0 Å². The summed E-state index contributed by atoms with van der Waals surface area (Å²) in [5.41, 5.74) is 0. The summed E-state index contributed by atoms with van der Waals surface area (Å²) in [7, 11) is 0. The third-order valence-corrected chi connectivity index (χ3v) is 29.8. The zero-order chi connectivity index (χ0) is 8.91. The van der Waals surface area contributed by atoms with Gasteiger partial charge in [-0.15, -0.1) is 0 Å². The zero-order valence-corrected chi connectivity index (χ0v) is 13.0. The Hall–Kier alpha value is 1.09. The van der Waals surface area contributed by atoms with E-state index < -0.39 is 27.6 Å². The van der Waals surface area contributed by atoms with E-state index in [1.54, 1.807) is 14.6 Å². The molecule has 0 rings (SSSR count). The third kappa shape index (κ3) is 5.34. The van der Waals surface area contributed by atoms with E-state index in [2.05, 4.69) is 32.3 Å².